The molecule has 0 unspecified atom stereocenters. The topological polar surface area (TPSA) is 20.2 Å². The molecule has 1 saturated carbocycles. The quantitative estimate of drug-likeness (QED) is 0.531. The second kappa shape index (κ2) is 3.40. The highest BCUT2D eigenvalue weighted by atomic mass is 16.3. The number of hydrogen-bond acceptors (Lipinski definition) is 1. The third kappa shape index (κ3) is 2.06. The molecule has 0 heterocycles. The minimum atomic E-state index is -0.0892. The van der Waals surface area contributed by atoms with Crippen LogP contribution in [0.3, 0.4) is 0 Å². The fourth-order valence-electron chi connectivity index (χ4n) is 1.60. The van der Waals surface area contributed by atoms with E-state index in [1.807, 2.05) is 0 Å². The Labute approximate surface area is 69.1 Å². The number of allylic oxidation sites excluding steroid dienone is 1. The van der Waals surface area contributed by atoms with E-state index in [-0.39, 0.29) is 6.10 Å². The van der Waals surface area contributed by atoms with Crippen LogP contribution in [0.2, 0.25) is 0 Å². The predicted molar refractivity (Wildman–Crippen MR) is 47.4 cm³/mol. The Morgan fingerprint density at radius 2 is 2.09 bits per heavy atom. The summed E-state index contributed by atoms with van der Waals surface area (Å²) in [6, 6.07) is 0. The summed E-state index contributed by atoms with van der Waals surface area (Å²) >= 11 is 0. The molecule has 1 aliphatic rings. The van der Waals surface area contributed by atoms with Gasteiger partial charge in [-0.05, 0) is 39.0 Å². The van der Waals surface area contributed by atoms with Crippen molar-refractivity contribution in [2.45, 2.75) is 46.1 Å². The van der Waals surface area contributed by atoms with E-state index < -0.39 is 0 Å². The first kappa shape index (κ1) is 8.79. The molecule has 1 heteroatoms. The van der Waals surface area contributed by atoms with Crippen LogP contribution in [0.15, 0.2) is 11.1 Å². The third-order valence-corrected chi connectivity index (χ3v) is 2.72. The van der Waals surface area contributed by atoms with Crippen molar-refractivity contribution < 1.29 is 5.11 Å². The maximum atomic E-state index is 9.56. The van der Waals surface area contributed by atoms with Crippen molar-refractivity contribution in [2.24, 2.45) is 5.92 Å². The number of aliphatic hydroxyl groups excluding tert-OH is 1. The van der Waals surface area contributed by atoms with Gasteiger partial charge >= 0.3 is 0 Å². The molecule has 0 aromatic carbocycles. The van der Waals surface area contributed by atoms with E-state index in [0.29, 0.717) is 5.92 Å². The average molecular weight is 154 g/mol. The van der Waals surface area contributed by atoms with Gasteiger partial charge in [0.15, 0.2) is 0 Å². The largest absolute Gasteiger partial charge is 0.393 e. The Kier molecular flexibility index (Phi) is 2.72. The second-order valence-corrected chi connectivity index (χ2v) is 3.89. The van der Waals surface area contributed by atoms with Crippen LogP contribution in [0, 0.1) is 5.92 Å². The zero-order valence-electron chi connectivity index (χ0n) is 7.72. The molecule has 0 bridgehead atoms. The van der Waals surface area contributed by atoms with Crippen molar-refractivity contribution in [1.29, 1.82) is 0 Å². The zero-order valence-corrected chi connectivity index (χ0v) is 7.72. The molecular formula is C10H18O. The molecule has 1 N–H and O–H groups in total. The summed E-state index contributed by atoms with van der Waals surface area (Å²) in [7, 11) is 0. The van der Waals surface area contributed by atoms with Gasteiger partial charge in [-0.15, -0.1) is 0 Å². The van der Waals surface area contributed by atoms with Crippen LogP contribution in [0.25, 0.3) is 0 Å². The summed E-state index contributed by atoms with van der Waals surface area (Å²) < 4.78 is 0. The van der Waals surface area contributed by atoms with Crippen molar-refractivity contribution in [1.82, 2.24) is 0 Å². The first-order valence-corrected chi connectivity index (χ1v) is 4.44. The van der Waals surface area contributed by atoms with Gasteiger partial charge in [0.25, 0.3) is 0 Å². The van der Waals surface area contributed by atoms with Crippen LogP contribution in [-0.2, 0) is 0 Å². The highest BCUT2D eigenvalue weighted by Crippen LogP contribution is 2.29. The SMILES string of the molecule is CC(C)=C1CC[C@@H](C)[C@@H](O)C1. The molecule has 1 aliphatic carbocycles. The molecule has 1 fully saturated rings. The summed E-state index contributed by atoms with van der Waals surface area (Å²) in [4.78, 5) is 0. The lowest BCUT2D eigenvalue weighted by atomic mass is 9.83. The minimum Gasteiger partial charge on any atom is -0.393 e. The van der Waals surface area contributed by atoms with Crippen LogP contribution in [0.1, 0.15) is 40.0 Å². The molecule has 64 valence electrons. The molecule has 0 saturated heterocycles. The van der Waals surface area contributed by atoms with Gasteiger partial charge in [0.05, 0.1) is 6.10 Å². The van der Waals surface area contributed by atoms with Gasteiger partial charge < -0.3 is 5.11 Å². The standard InChI is InChI=1S/C10H18O/c1-7(2)9-5-4-8(3)10(11)6-9/h8,10-11H,4-6H2,1-3H3/t8-,10+/m1/s1. The van der Waals surface area contributed by atoms with Gasteiger partial charge in [-0.25, -0.2) is 0 Å². The number of aliphatic hydroxyl groups is 1. The minimum absolute atomic E-state index is 0.0892. The molecule has 2 atom stereocenters. The lowest BCUT2D eigenvalue weighted by molar-refractivity contribution is 0.0974. The monoisotopic (exact) mass is 154 g/mol. The third-order valence-electron chi connectivity index (χ3n) is 2.72. The highest BCUT2D eigenvalue weighted by Gasteiger charge is 2.21. The van der Waals surface area contributed by atoms with E-state index in [9.17, 15) is 5.11 Å². The van der Waals surface area contributed by atoms with Gasteiger partial charge in [0, 0.05) is 0 Å². The summed E-state index contributed by atoms with van der Waals surface area (Å²) in [5.41, 5.74) is 2.87. The molecule has 0 spiro atoms. The lowest BCUT2D eigenvalue weighted by Crippen LogP contribution is -2.23. The van der Waals surface area contributed by atoms with Crippen LogP contribution < -0.4 is 0 Å². The van der Waals surface area contributed by atoms with E-state index >= 15 is 0 Å². The maximum absolute atomic E-state index is 9.56. The lowest BCUT2D eigenvalue weighted by Gasteiger charge is -2.27. The fraction of sp³-hybridized carbons (Fsp3) is 0.800. The van der Waals surface area contributed by atoms with Crippen molar-refractivity contribution in [3.63, 3.8) is 0 Å². The van der Waals surface area contributed by atoms with E-state index in [2.05, 4.69) is 20.8 Å². The molecule has 1 nitrogen and oxygen atoms in total. The molecule has 0 aliphatic heterocycles. The van der Waals surface area contributed by atoms with Crippen LogP contribution in [0.5, 0.6) is 0 Å². The van der Waals surface area contributed by atoms with Crippen molar-refractivity contribution in [3.05, 3.63) is 11.1 Å². The van der Waals surface area contributed by atoms with E-state index in [0.717, 1.165) is 12.8 Å². The van der Waals surface area contributed by atoms with Crippen molar-refractivity contribution >= 4 is 0 Å². The second-order valence-electron chi connectivity index (χ2n) is 3.89. The van der Waals surface area contributed by atoms with Crippen LogP contribution in [-0.4, -0.2) is 11.2 Å². The van der Waals surface area contributed by atoms with E-state index in [1.54, 1.807) is 0 Å². The van der Waals surface area contributed by atoms with E-state index in [1.165, 1.54) is 17.6 Å². The molecule has 0 radical (unpaired) electrons. The Morgan fingerprint density at radius 3 is 2.55 bits per heavy atom. The Bertz CT molecular complexity index is 166. The number of hydrogen-bond donors (Lipinski definition) is 1. The van der Waals surface area contributed by atoms with Crippen LogP contribution in [0.4, 0.5) is 0 Å². The summed E-state index contributed by atoms with van der Waals surface area (Å²) in [5, 5.41) is 9.56. The molecule has 0 amide bonds. The molecule has 1 rings (SSSR count). The Morgan fingerprint density at radius 1 is 1.45 bits per heavy atom. The van der Waals surface area contributed by atoms with Gasteiger partial charge in [-0.3, -0.25) is 0 Å². The summed E-state index contributed by atoms with van der Waals surface area (Å²) in [5.74, 6) is 0.498. The number of rotatable bonds is 0. The first-order valence-electron chi connectivity index (χ1n) is 4.44. The molecule has 0 aromatic heterocycles. The van der Waals surface area contributed by atoms with Crippen molar-refractivity contribution in [2.75, 3.05) is 0 Å². The van der Waals surface area contributed by atoms with Gasteiger partial charge in [0.2, 0.25) is 0 Å². The first-order chi connectivity index (χ1) is 5.11. The fourth-order valence-corrected chi connectivity index (χ4v) is 1.60. The Balaban J connectivity index is 2.60. The molecule has 11 heavy (non-hydrogen) atoms. The highest BCUT2D eigenvalue weighted by molar-refractivity contribution is 5.13. The molecule has 0 aromatic rings. The van der Waals surface area contributed by atoms with Gasteiger partial charge in [0.1, 0.15) is 0 Å². The maximum Gasteiger partial charge on any atom is 0.0603 e. The van der Waals surface area contributed by atoms with Crippen molar-refractivity contribution in [3.8, 4) is 0 Å². The summed E-state index contributed by atoms with van der Waals surface area (Å²) in [6.07, 6.45) is 3.17. The summed E-state index contributed by atoms with van der Waals surface area (Å²) in [6.45, 7) is 6.41. The van der Waals surface area contributed by atoms with E-state index in [4.69, 9.17) is 0 Å². The van der Waals surface area contributed by atoms with Gasteiger partial charge in [-0.2, -0.15) is 0 Å². The zero-order chi connectivity index (χ0) is 8.43. The van der Waals surface area contributed by atoms with Gasteiger partial charge in [-0.1, -0.05) is 18.1 Å². The smallest absolute Gasteiger partial charge is 0.0603 e. The average Bonchev–Trinajstić information content (AvgIpc) is 1.94. The normalized spacial score (nSPS) is 32.2. The Hall–Kier alpha value is -0.300. The van der Waals surface area contributed by atoms with Crippen LogP contribution >= 0.6 is 0 Å². The molecular weight excluding hydrogens is 136 g/mol. The predicted octanol–water partition coefficient (Wildman–Crippen LogP) is 2.50.